The van der Waals surface area contributed by atoms with Gasteiger partial charge in [0, 0.05) is 0 Å². The van der Waals surface area contributed by atoms with Gasteiger partial charge in [0.05, 0.1) is 11.0 Å². The first-order chi connectivity index (χ1) is 12.8. The van der Waals surface area contributed by atoms with Gasteiger partial charge in [-0.1, -0.05) is 83.3 Å². The van der Waals surface area contributed by atoms with E-state index in [1.165, 1.54) is 82.7 Å². The third-order valence-electron chi connectivity index (χ3n) is 5.09. The highest BCUT2D eigenvalue weighted by Crippen LogP contribution is 2.19. The van der Waals surface area contributed by atoms with Gasteiger partial charge in [-0.15, -0.1) is 0 Å². The standard InChI is InChI=1S/C23H36BrN2/c1-2-3-4-5-6-7-8-9-10-11-12-15-18-25-19-20-26(21-25)23-17-14-13-16-22(23)24/h13-14,16-17,19-21H,2-12,15,18H2,1H3/q+1. The first-order valence-electron chi connectivity index (χ1n) is 10.6. The number of para-hydroxylation sites is 1. The summed E-state index contributed by atoms with van der Waals surface area (Å²) in [6.07, 6.45) is 23.4. The topological polar surface area (TPSA) is 8.81 Å². The fourth-order valence-electron chi connectivity index (χ4n) is 3.47. The molecular formula is C23H36BrN2+. The minimum absolute atomic E-state index is 1.12. The Morgan fingerprint density at radius 3 is 2.00 bits per heavy atom. The van der Waals surface area contributed by atoms with Crippen LogP contribution in [0.15, 0.2) is 47.5 Å². The fraction of sp³-hybridized carbons (Fsp3) is 0.609. The number of nitrogens with zero attached hydrogens (tertiary/aromatic N) is 2. The van der Waals surface area contributed by atoms with Crippen molar-refractivity contribution in [1.29, 1.82) is 0 Å². The first-order valence-corrected chi connectivity index (χ1v) is 11.4. The van der Waals surface area contributed by atoms with Gasteiger partial charge < -0.3 is 0 Å². The second kappa shape index (κ2) is 13.1. The van der Waals surface area contributed by atoms with Gasteiger partial charge >= 0.3 is 0 Å². The van der Waals surface area contributed by atoms with Gasteiger partial charge in [0.1, 0.15) is 18.1 Å². The number of hydrogen-bond acceptors (Lipinski definition) is 0. The van der Waals surface area contributed by atoms with E-state index in [9.17, 15) is 0 Å². The summed E-state index contributed by atoms with van der Waals surface area (Å²) in [5, 5.41) is 0. The van der Waals surface area contributed by atoms with E-state index >= 15 is 0 Å². The van der Waals surface area contributed by atoms with Gasteiger partial charge in [-0.05, 0) is 40.9 Å². The van der Waals surface area contributed by atoms with Crippen LogP contribution < -0.4 is 4.57 Å². The first kappa shape index (κ1) is 21.2. The molecule has 3 heteroatoms. The molecule has 1 aromatic heterocycles. The zero-order chi connectivity index (χ0) is 18.5. The van der Waals surface area contributed by atoms with E-state index in [-0.39, 0.29) is 0 Å². The minimum Gasteiger partial charge on any atom is -0.236 e. The third kappa shape index (κ3) is 8.07. The van der Waals surface area contributed by atoms with E-state index in [0.717, 1.165) is 11.0 Å². The van der Waals surface area contributed by atoms with Crippen LogP contribution in [0.3, 0.4) is 0 Å². The predicted octanol–water partition coefficient (Wildman–Crippen LogP) is 7.23. The van der Waals surface area contributed by atoms with Crippen LogP contribution in [0, 0.1) is 0 Å². The van der Waals surface area contributed by atoms with Crippen LogP contribution in [0.4, 0.5) is 0 Å². The van der Waals surface area contributed by atoms with Crippen LogP contribution in [0.5, 0.6) is 0 Å². The molecule has 0 N–H and O–H groups in total. The molecule has 2 nitrogen and oxygen atoms in total. The molecule has 2 aromatic rings. The minimum atomic E-state index is 1.12. The highest BCUT2D eigenvalue weighted by Gasteiger charge is 2.09. The quantitative estimate of drug-likeness (QED) is 0.225. The van der Waals surface area contributed by atoms with Crippen molar-refractivity contribution in [2.75, 3.05) is 0 Å². The predicted molar refractivity (Wildman–Crippen MR) is 115 cm³/mol. The molecule has 0 spiro atoms. The summed E-state index contributed by atoms with van der Waals surface area (Å²) in [5.74, 6) is 0. The van der Waals surface area contributed by atoms with Crippen LogP contribution in [-0.2, 0) is 6.54 Å². The lowest BCUT2D eigenvalue weighted by atomic mass is 10.1. The van der Waals surface area contributed by atoms with Crippen LogP contribution >= 0.6 is 15.9 Å². The molecule has 0 aliphatic heterocycles. The van der Waals surface area contributed by atoms with Gasteiger partial charge in [0.15, 0.2) is 0 Å². The van der Waals surface area contributed by atoms with Crippen LogP contribution in [0.1, 0.15) is 84.0 Å². The molecule has 0 aliphatic carbocycles. The average molecular weight is 420 g/mol. The smallest absolute Gasteiger partial charge is 0.236 e. The number of rotatable bonds is 14. The van der Waals surface area contributed by atoms with E-state index in [1.54, 1.807) is 0 Å². The van der Waals surface area contributed by atoms with Crippen molar-refractivity contribution in [3.63, 3.8) is 0 Å². The second-order valence-corrected chi connectivity index (χ2v) is 8.25. The fourth-order valence-corrected chi connectivity index (χ4v) is 3.96. The number of imidazole rings is 1. The van der Waals surface area contributed by atoms with E-state index in [0.29, 0.717) is 0 Å². The van der Waals surface area contributed by atoms with Gasteiger partial charge in [-0.3, -0.25) is 0 Å². The Labute approximate surface area is 168 Å². The summed E-state index contributed by atoms with van der Waals surface area (Å²) < 4.78 is 5.62. The largest absolute Gasteiger partial charge is 0.249 e. The van der Waals surface area contributed by atoms with Crippen molar-refractivity contribution in [3.8, 4) is 5.69 Å². The van der Waals surface area contributed by atoms with Crippen molar-refractivity contribution < 1.29 is 4.57 Å². The zero-order valence-electron chi connectivity index (χ0n) is 16.5. The average Bonchev–Trinajstić information content (AvgIpc) is 3.11. The number of hydrogen-bond donors (Lipinski definition) is 0. The Hall–Kier alpha value is -1.09. The molecule has 0 radical (unpaired) electrons. The number of benzene rings is 1. The van der Waals surface area contributed by atoms with Crippen LogP contribution in [0.2, 0.25) is 0 Å². The molecule has 0 atom stereocenters. The summed E-state index contributed by atoms with van der Waals surface area (Å²) in [5.41, 5.74) is 1.20. The normalized spacial score (nSPS) is 11.2. The highest BCUT2D eigenvalue weighted by atomic mass is 79.9. The SMILES string of the molecule is CCCCCCCCCCCCCC[n+]1ccn(-c2ccccc2Br)c1. The van der Waals surface area contributed by atoms with Gasteiger partial charge in [0.25, 0.3) is 0 Å². The molecule has 0 unspecified atom stereocenters. The zero-order valence-corrected chi connectivity index (χ0v) is 18.1. The maximum absolute atomic E-state index is 3.63. The molecule has 26 heavy (non-hydrogen) atoms. The molecule has 0 saturated heterocycles. The van der Waals surface area contributed by atoms with Crippen LogP contribution in [0.25, 0.3) is 5.69 Å². The lowest BCUT2D eigenvalue weighted by molar-refractivity contribution is -0.696. The molecule has 1 heterocycles. The van der Waals surface area contributed by atoms with Gasteiger partial charge in [0.2, 0.25) is 6.33 Å². The number of halogens is 1. The Morgan fingerprint density at radius 1 is 0.808 bits per heavy atom. The van der Waals surface area contributed by atoms with E-state index < -0.39 is 0 Å². The molecule has 0 aliphatic rings. The maximum atomic E-state index is 3.63. The Kier molecular flexibility index (Phi) is 10.7. The van der Waals surface area contributed by atoms with Crippen molar-refractivity contribution in [2.45, 2.75) is 90.5 Å². The third-order valence-corrected chi connectivity index (χ3v) is 5.76. The summed E-state index contributed by atoms with van der Waals surface area (Å²) in [4.78, 5) is 0. The highest BCUT2D eigenvalue weighted by molar-refractivity contribution is 9.10. The monoisotopic (exact) mass is 419 g/mol. The van der Waals surface area contributed by atoms with Crippen molar-refractivity contribution in [2.24, 2.45) is 0 Å². The lowest BCUT2D eigenvalue weighted by Crippen LogP contribution is -2.30. The second-order valence-electron chi connectivity index (χ2n) is 7.40. The van der Waals surface area contributed by atoms with Crippen molar-refractivity contribution in [1.82, 2.24) is 4.57 Å². The van der Waals surface area contributed by atoms with Gasteiger partial charge in [-0.2, -0.15) is 0 Å². The summed E-state index contributed by atoms with van der Waals surface area (Å²) >= 11 is 3.63. The number of unbranched alkanes of at least 4 members (excludes halogenated alkanes) is 11. The number of aromatic nitrogens is 2. The molecule has 0 bridgehead atoms. The molecule has 0 saturated carbocycles. The number of aryl methyl sites for hydroxylation is 1. The Morgan fingerprint density at radius 2 is 1.38 bits per heavy atom. The Balaban J connectivity index is 1.50. The summed E-state index contributed by atoms with van der Waals surface area (Å²) in [6.45, 7) is 3.41. The van der Waals surface area contributed by atoms with Crippen LogP contribution in [-0.4, -0.2) is 4.57 Å². The van der Waals surface area contributed by atoms with E-state index in [2.05, 4.69) is 75.0 Å². The Bertz CT molecular complexity index is 606. The van der Waals surface area contributed by atoms with E-state index in [4.69, 9.17) is 0 Å². The van der Waals surface area contributed by atoms with E-state index in [1.807, 2.05) is 0 Å². The lowest BCUT2D eigenvalue weighted by Gasteiger charge is -2.02. The molecule has 0 fully saturated rings. The molecule has 144 valence electrons. The van der Waals surface area contributed by atoms with Crippen molar-refractivity contribution >= 4 is 15.9 Å². The molecule has 0 amide bonds. The van der Waals surface area contributed by atoms with Crippen molar-refractivity contribution in [3.05, 3.63) is 47.5 Å². The van der Waals surface area contributed by atoms with Gasteiger partial charge in [-0.25, -0.2) is 9.13 Å². The molecule has 2 rings (SSSR count). The summed E-state index contributed by atoms with van der Waals surface area (Å²) in [7, 11) is 0. The summed E-state index contributed by atoms with van der Waals surface area (Å²) in [6, 6.07) is 8.36. The molecular weight excluding hydrogens is 384 g/mol. The molecule has 1 aromatic carbocycles. The maximum Gasteiger partial charge on any atom is 0.249 e.